The summed E-state index contributed by atoms with van der Waals surface area (Å²) in [5, 5.41) is 3.66. The van der Waals surface area contributed by atoms with Gasteiger partial charge in [0.15, 0.2) is 0 Å². The second-order valence-corrected chi connectivity index (χ2v) is 4.56. The molecule has 2 rings (SSSR count). The van der Waals surface area contributed by atoms with Gasteiger partial charge in [-0.1, -0.05) is 11.6 Å². The molecule has 1 unspecified atom stereocenters. The number of hydrogen-bond donors (Lipinski definition) is 1. The molecule has 2 heterocycles. The lowest BCUT2D eigenvalue weighted by atomic mass is 10.2. The number of ether oxygens (including phenoxy) is 1. The third kappa shape index (κ3) is 3.01. The van der Waals surface area contributed by atoms with Crippen LogP contribution in [-0.4, -0.2) is 47.2 Å². The molecule has 1 atom stereocenters. The summed E-state index contributed by atoms with van der Waals surface area (Å²) in [5.41, 5.74) is 0. The van der Waals surface area contributed by atoms with Crippen LogP contribution >= 0.6 is 11.6 Å². The molecule has 98 valence electrons. The Balaban J connectivity index is 1.97. The first kappa shape index (κ1) is 12.9. The monoisotopic (exact) mass is 270 g/mol. The predicted octanol–water partition coefficient (Wildman–Crippen LogP) is 1.69. The van der Waals surface area contributed by atoms with Gasteiger partial charge in [-0.3, -0.25) is 0 Å². The van der Waals surface area contributed by atoms with Gasteiger partial charge in [-0.25, -0.2) is 14.8 Å². The number of likely N-dealkylation sites (tertiary alicyclic amines) is 1. The number of aryl methyl sites for hydroxylation is 1. The topological polar surface area (TPSA) is 67.3 Å². The summed E-state index contributed by atoms with van der Waals surface area (Å²) in [6.07, 6.45) is 0.562. The van der Waals surface area contributed by atoms with Crippen LogP contribution in [0.4, 0.5) is 10.6 Å². The van der Waals surface area contributed by atoms with Crippen LogP contribution in [-0.2, 0) is 4.74 Å². The van der Waals surface area contributed by atoms with E-state index in [1.807, 2.05) is 0 Å². The van der Waals surface area contributed by atoms with Crippen molar-refractivity contribution in [1.82, 2.24) is 14.9 Å². The number of carbonyl (C=O) groups is 1. The summed E-state index contributed by atoms with van der Waals surface area (Å²) in [4.78, 5) is 21.3. The van der Waals surface area contributed by atoms with Gasteiger partial charge < -0.3 is 15.0 Å². The Bertz CT molecular complexity index is 434. The van der Waals surface area contributed by atoms with Crippen molar-refractivity contribution in [1.29, 1.82) is 0 Å². The number of aromatic nitrogens is 2. The average Bonchev–Trinajstić information content (AvgIpc) is 2.75. The van der Waals surface area contributed by atoms with Crippen molar-refractivity contribution < 1.29 is 9.53 Å². The lowest BCUT2D eigenvalue weighted by Crippen LogP contribution is -2.31. The maximum atomic E-state index is 11.3. The van der Waals surface area contributed by atoms with Gasteiger partial charge in [-0.05, 0) is 13.3 Å². The number of nitrogens with one attached hydrogen (secondary N) is 1. The van der Waals surface area contributed by atoms with Crippen molar-refractivity contribution in [2.45, 2.75) is 19.4 Å². The minimum atomic E-state index is -0.295. The molecular formula is C11H15ClN4O2. The van der Waals surface area contributed by atoms with E-state index in [4.69, 9.17) is 11.6 Å². The lowest BCUT2D eigenvalue weighted by molar-refractivity contribution is 0.133. The van der Waals surface area contributed by atoms with Gasteiger partial charge in [0.25, 0.3) is 0 Å². The highest BCUT2D eigenvalue weighted by molar-refractivity contribution is 6.29. The molecule has 0 radical (unpaired) electrons. The summed E-state index contributed by atoms with van der Waals surface area (Å²) >= 11 is 5.86. The van der Waals surface area contributed by atoms with Crippen LogP contribution < -0.4 is 5.32 Å². The van der Waals surface area contributed by atoms with E-state index in [1.165, 1.54) is 7.11 Å². The number of carbonyl (C=O) groups excluding carboxylic acids is 1. The summed E-state index contributed by atoms with van der Waals surface area (Å²) in [6.45, 7) is 3.07. The zero-order valence-electron chi connectivity index (χ0n) is 10.3. The molecule has 1 aliphatic heterocycles. The first-order valence-corrected chi connectivity index (χ1v) is 6.07. The number of hydrogen-bond acceptors (Lipinski definition) is 5. The van der Waals surface area contributed by atoms with E-state index < -0.39 is 0 Å². The van der Waals surface area contributed by atoms with Gasteiger partial charge in [0.1, 0.15) is 16.8 Å². The molecule has 7 heteroatoms. The van der Waals surface area contributed by atoms with E-state index in [1.54, 1.807) is 17.9 Å². The van der Waals surface area contributed by atoms with Crippen molar-refractivity contribution in [2.24, 2.45) is 0 Å². The second-order valence-electron chi connectivity index (χ2n) is 4.17. The van der Waals surface area contributed by atoms with Gasteiger partial charge in [-0.15, -0.1) is 0 Å². The van der Waals surface area contributed by atoms with E-state index >= 15 is 0 Å². The Kier molecular flexibility index (Phi) is 3.86. The summed E-state index contributed by atoms with van der Waals surface area (Å²) in [7, 11) is 1.39. The van der Waals surface area contributed by atoms with Gasteiger partial charge >= 0.3 is 6.09 Å². The molecule has 0 aliphatic carbocycles. The molecular weight excluding hydrogens is 256 g/mol. The highest BCUT2D eigenvalue weighted by atomic mass is 35.5. The van der Waals surface area contributed by atoms with Gasteiger partial charge in [0.2, 0.25) is 0 Å². The zero-order chi connectivity index (χ0) is 13.1. The molecule has 1 aliphatic rings. The fourth-order valence-corrected chi connectivity index (χ4v) is 2.21. The third-order valence-corrected chi connectivity index (χ3v) is 2.97. The highest BCUT2D eigenvalue weighted by Crippen LogP contribution is 2.17. The second kappa shape index (κ2) is 5.39. The molecule has 1 saturated heterocycles. The third-order valence-electron chi connectivity index (χ3n) is 2.78. The normalized spacial score (nSPS) is 18.8. The molecule has 6 nitrogen and oxygen atoms in total. The number of nitrogens with zero attached hydrogens (tertiary/aromatic N) is 3. The van der Waals surface area contributed by atoms with Crippen molar-refractivity contribution in [3.05, 3.63) is 17.0 Å². The van der Waals surface area contributed by atoms with Gasteiger partial charge in [-0.2, -0.15) is 0 Å². The molecule has 0 aromatic carbocycles. The van der Waals surface area contributed by atoms with Crippen LogP contribution in [0.15, 0.2) is 6.07 Å². The van der Waals surface area contributed by atoms with Crippen molar-refractivity contribution in [3.63, 3.8) is 0 Å². The molecule has 0 spiro atoms. The van der Waals surface area contributed by atoms with Crippen molar-refractivity contribution in [3.8, 4) is 0 Å². The molecule has 1 amide bonds. The van der Waals surface area contributed by atoms with E-state index in [9.17, 15) is 4.79 Å². The Hall–Kier alpha value is -1.56. The smallest absolute Gasteiger partial charge is 0.409 e. The van der Waals surface area contributed by atoms with E-state index in [0.29, 0.717) is 29.9 Å². The van der Waals surface area contributed by atoms with E-state index in [2.05, 4.69) is 20.0 Å². The minimum Gasteiger partial charge on any atom is -0.453 e. The number of amides is 1. The maximum Gasteiger partial charge on any atom is 0.409 e. The fraction of sp³-hybridized carbons (Fsp3) is 0.545. The number of anilines is 1. The summed E-state index contributed by atoms with van der Waals surface area (Å²) < 4.78 is 4.68. The molecule has 0 saturated carbocycles. The molecule has 1 fully saturated rings. The van der Waals surface area contributed by atoms with Crippen LogP contribution in [0.5, 0.6) is 0 Å². The molecule has 1 N–H and O–H groups in total. The Morgan fingerprint density at radius 3 is 3.06 bits per heavy atom. The first-order valence-electron chi connectivity index (χ1n) is 5.69. The van der Waals surface area contributed by atoms with Gasteiger partial charge in [0.05, 0.1) is 7.11 Å². The zero-order valence-corrected chi connectivity index (χ0v) is 11.1. The predicted molar refractivity (Wildman–Crippen MR) is 67.8 cm³/mol. The van der Waals surface area contributed by atoms with Crippen LogP contribution in [0, 0.1) is 6.92 Å². The minimum absolute atomic E-state index is 0.162. The standard InChI is InChI=1S/C11H15ClN4O2/c1-7-13-9(12)5-10(14-7)15-8-3-4-16(6-8)11(17)18-2/h5,8H,3-4,6H2,1-2H3,(H,13,14,15). The first-order chi connectivity index (χ1) is 8.58. The molecule has 0 bridgehead atoms. The van der Waals surface area contributed by atoms with Crippen LogP contribution in [0.2, 0.25) is 5.15 Å². The SMILES string of the molecule is COC(=O)N1CCC(Nc2cc(Cl)nc(C)n2)C1. The molecule has 1 aromatic rings. The molecule has 18 heavy (non-hydrogen) atoms. The fourth-order valence-electron chi connectivity index (χ4n) is 1.99. The van der Waals surface area contributed by atoms with Crippen LogP contribution in [0.25, 0.3) is 0 Å². The number of methoxy groups -OCH3 is 1. The number of halogens is 1. The Morgan fingerprint density at radius 2 is 2.39 bits per heavy atom. The van der Waals surface area contributed by atoms with Gasteiger partial charge in [0, 0.05) is 25.2 Å². The van der Waals surface area contributed by atoms with E-state index in [-0.39, 0.29) is 12.1 Å². The highest BCUT2D eigenvalue weighted by Gasteiger charge is 2.26. The molecule has 1 aromatic heterocycles. The Morgan fingerprint density at radius 1 is 1.61 bits per heavy atom. The maximum absolute atomic E-state index is 11.3. The van der Waals surface area contributed by atoms with E-state index in [0.717, 1.165) is 6.42 Å². The van der Waals surface area contributed by atoms with Crippen LogP contribution in [0.3, 0.4) is 0 Å². The lowest BCUT2D eigenvalue weighted by Gasteiger charge is -2.16. The largest absolute Gasteiger partial charge is 0.453 e. The van der Waals surface area contributed by atoms with Crippen molar-refractivity contribution >= 4 is 23.5 Å². The summed E-state index contributed by atoms with van der Waals surface area (Å²) in [6, 6.07) is 1.84. The van der Waals surface area contributed by atoms with Crippen molar-refractivity contribution in [2.75, 3.05) is 25.5 Å². The Labute approximate surface area is 110 Å². The van der Waals surface area contributed by atoms with Crippen LogP contribution in [0.1, 0.15) is 12.2 Å². The summed E-state index contributed by atoms with van der Waals surface area (Å²) in [5.74, 6) is 1.30. The average molecular weight is 271 g/mol. The number of rotatable bonds is 2. The quantitative estimate of drug-likeness (QED) is 0.829.